The molecular weight excluding hydrogens is 339 g/mol. The highest BCUT2D eigenvalue weighted by atomic mass is 19.4. The average Bonchev–Trinajstić information content (AvgIpc) is 3.04. The van der Waals surface area contributed by atoms with Crippen LogP contribution in [0.5, 0.6) is 0 Å². The molecule has 0 bridgehead atoms. The molecule has 1 amide bonds. The zero-order valence-corrected chi connectivity index (χ0v) is 13.5. The maximum absolute atomic E-state index is 12.6. The molecule has 1 atom stereocenters. The minimum Gasteiger partial charge on any atom is -0.481 e. The van der Waals surface area contributed by atoms with Gasteiger partial charge in [0, 0.05) is 25.4 Å². The van der Waals surface area contributed by atoms with Crippen LogP contribution >= 0.6 is 0 Å². The van der Waals surface area contributed by atoms with Gasteiger partial charge in [0.2, 0.25) is 0 Å². The second-order valence-electron chi connectivity index (χ2n) is 5.62. The third kappa shape index (κ3) is 4.37. The summed E-state index contributed by atoms with van der Waals surface area (Å²) in [5.41, 5.74) is -0.515. The van der Waals surface area contributed by atoms with Gasteiger partial charge in [0.05, 0.1) is 11.6 Å². The Morgan fingerprint density at radius 1 is 1.32 bits per heavy atom. The molecule has 0 aliphatic carbocycles. The molecule has 6 nitrogen and oxygen atoms in total. The Balaban J connectivity index is 2.22. The number of aliphatic carboxylic acids is 1. The summed E-state index contributed by atoms with van der Waals surface area (Å²) in [6.45, 7) is 1.49. The second-order valence-corrected chi connectivity index (χ2v) is 5.62. The Hall–Kier alpha value is -2.84. The van der Waals surface area contributed by atoms with Crippen molar-refractivity contribution in [1.29, 1.82) is 0 Å². The number of hydrogen-bond acceptors (Lipinski definition) is 3. The molecule has 9 heteroatoms. The van der Waals surface area contributed by atoms with Gasteiger partial charge in [-0.15, -0.1) is 0 Å². The Kier molecular flexibility index (Phi) is 5.15. The van der Waals surface area contributed by atoms with Gasteiger partial charge < -0.3 is 10.0 Å². The lowest BCUT2D eigenvalue weighted by atomic mass is 10.1. The average molecular weight is 355 g/mol. The fraction of sp³-hybridized carbons (Fsp3) is 0.312. The summed E-state index contributed by atoms with van der Waals surface area (Å²) < 4.78 is 38.9. The molecule has 0 aliphatic heterocycles. The van der Waals surface area contributed by atoms with Crippen molar-refractivity contribution in [3.63, 3.8) is 0 Å². The summed E-state index contributed by atoms with van der Waals surface area (Å²) >= 11 is 0. The standard InChI is InChI=1S/C16H16F3N3O3/c1-10(15(24)25)9-21(2)14(23)11-4-3-5-12(8-11)22-7-6-13(20-22)16(17,18)19/h3-8,10H,9H2,1-2H3,(H,24,25). The van der Waals surface area contributed by atoms with Crippen molar-refractivity contribution in [2.24, 2.45) is 5.92 Å². The minimum atomic E-state index is -4.55. The van der Waals surface area contributed by atoms with Crippen LogP contribution in [-0.4, -0.2) is 45.3 Å². The van der Waals surface area contributed by atoms with Gasteiger partial charge in [-0.3, -0.25) is 9.59 Å². The largest absolute Gasteiger partial charge is 0.481 e. The van der Waals surface area contributed by atoms with E-state index in [4.69, 9.17) is 5.11 Å². The number of carbonyl (C=O) groups is 2. The van der Waals surface area contributed by atoms with E-state index in [1.807, 2.05) is 0 Å². The number of carboxylic acids is 1. The van der Waals surface area contributed by atoms with Crippen LogP contribution in [0.2, 0.25) is 0 Å². The maximum Gasteiger partial charge on any atom is 0.435 e. The van der Waals surface area contributed by atoms with Crippen LogP contribution in [0.25, 0.3) is 5.69 Å². The molecule has 1 heterocycles. The van der Waals surface area contributed by atoms with E-state index in [-0.39, 0.29) is 12.1 Å². The van der Waals surface area contributed by atoms with E-state index in [0.29, 0.717) is 5.69 Å². The molecule has 0 fully saturated rings. The normalized spacial score (nSPS) is 12.7. The summed E-state index contributed by atoms with van der Waals surface area (Å²) in [5, 5.41) is 12.4. The van der Waals surface area contributed by atoms with Crippen LogP contribution in [-0.2, 0) is 11.0 Å². The number of amides is 1. The smallest absolute Gasteiger partial charge is 0.435 e. The molecular formula is C16H16F3N3O3. The van der Waals surface area contributed by atoms with Gasteiger partial charge in [0.1, 0.15) is 0 Å². The van der Waals surface area contributed by atoms with Gasteiger partial charge in [-0.1, -0.05) is 13.0 Å². The van der Waals surface area contributed by atoms with E-state index in [2.05, 4.69) is 5.10 Å². The quantitative estimate of drug-likeness (QED) is 0.895. The lowest BCUT2D eigenvalue weighted by Crippen LogP contribution is -2.33. The van der Waals surface area contributed by atoms with Crippen LogP contribution in [0.15, 0.2) is 36.5 Å². The summed E-state index contributed by atoms with van der Waals surface area (Å²) in [5.74, 6) is -2.19. The summed E-state index contributed by atoms with van der Waals surface area (Å²) in [6, 6.07) is 6.78. The van der Waals surface area contributed by atoms with E-state index in [9.17, 15) is 22.8 Å². The van der Waals surface area contributed by atoms with E-state index in [1.54, 1.807) is 0 Å². The minimum absolute atomic E-state index is 0.0123. The highest BCUT2D eigenvalue weighted by Crippen LogP contribution is 2.28. The van der Waals surface area contributed by atoms with E-state index >= 15 is 0 Å². The Labute approximate surface area is 141 Å². The van der Waals surface area contributed by atoms with Gasteiger partial charge in [-0.2, -0.15) is 18.3 Å². The zero-order chi connectivity index (χ0) is 18.8. The van der Waals surface area contributed by atoms with Crippen molar-refractivity contribution in [2.45, 2.75) is 13.1 Å². The predicted octanol–water partition coefficient (Wildman–Crippen LogP) is 2.68. The number of aromatic nitrogens is 2. The summed E-state index contributed by atoms with van der Waals surface area (Å²) in [4.78, 5) is 24.5. The number of rotatable bonds is 5. The lowest BCUT2D eigenvalue weighted by Gasteiger charge is -2.19. The highest BCUT2D eigenvalue weighted by molar-refractivity contribution is 5.94. The van der Waals surface area contributed by atoms with Crippen molar-refractivity contribution in [3.8, 4) is 5.69 Å². The molecule has 0 aliphatic rings. The molecule has 0 spiro atoms. The second kappa shape index (κ2) is 6.96. The van der Waals surface area contributed by atoms with E-state index in [1.165, 1.54) is 43.1 Å². The summed E-state index contributed by atoms with van der Waals surface area (Å²) in [7, 11) is 1.46. The van der Waals surface area contributed by atoms with Crippen molar-refractivity contribution >= 4 is 11.9 Å². The lowest BCUT2D eigenvalue weighted by molar-refractivity contribution is -0.142. The molecule has 134 valence electrons. The molecule has 1 unspecified atom stereocenters. The van der Waals surface area contributed by atoms with Crippen molar-refractivity contribution in [3.05, 3.63) is 47.8 Å². The van der Waals surface area contributed by atoms with Crippen LogP contribution in [0.3, 0.4) is 0 Å². The molecule has 0 saturated carbocycles. The number of hydrogen-bond donors (Lipinski definition) is 1. The molecule has 1 aromatic carbocycles. The fourth-order valence-electron chi connectivity index (χ4n) is 2.19. The van der Waals surface area contributed by atoms with Gasteiger partial charge in [-0.05, 0) is 24.3 Å². The monoisotopic (exact) mass is 355 g/mol. The fourth-order valence-corrected chi connectivity index (χ4v) is 2.19. The van der Waals surface area contributed by atoms with Gasteiger partial charge in [0.25, 0.3) is 5.91 Å². The number of halogens is 3. The van der Waals surface area contributed by atoms with Crippen molar-refractivity contribution in [2.75, 3.05) is 13.6 Å². The maximum atomic E-state index is 12.6. The molecule has 2 aromatic rings. The number of carboxylic acid groups (broad SMARTS) is 1. The van der Waals surface area contributed by atoms with Crippen LogP contribution < -0.4 is 0 Å². The topological polar surface area (TPSA) is 75.4 Å². The molecule has 0 radical (unpaired) electrons. The molecule has 0 saturated heterocycles. The highest BCUT2D eigenvalue weighted by Gasteiger charge is 2.33. The van der Waals surface area contributed by atoms with Gasteiger partial charge >= 0.3 is 12.1 Å². The van der Waals surface area contributed by atoms with Crippen LogP contribution in [0.4, 0.5) is 13.2 Å². The number of alkyl halides is 3. The van der Waals surface area contributed by atoms with Crippen molar-refractivity contribution in [1.82, 2.24) is 14.7 Å². The molecule has 1 N–H and O–H groups in total. The SMILES string of the molecule is CC(CN(C)C(=O)c1cccc(-n2ccc(C(F)(F)F)n2)c1)C(=O)O. The number of benzene rings is 1. The van der Waals surface area contributed by atoms with Crippen LogP contribution in [0.1, 0.15) is 23.0 Å². The first kappa shape index (κ1) is 18.5. The third-order valence-electron chi connectivity index (χ3n) is 3.55. The first-order valence-electron chi connectivity index (χ1n) is 7.31. The molecule has 25 heavy (non-hydrogen) atoms. The van der Waals surface area contributed by atoms with Crippen LogP contribution in [0, 0.1) is 5.92 Å². The first-order valence-corrected chi connectivity index (χ1v) is 7.31. The van der Waals surface area contributed by atoms with Gasteiger partial charge in [0.15, 0.2) is 5.69 Å². The number of carbonyl (C=O) groups excluding carboxylic acids is 1. The Bertz CT molecular complexity index is 786. The summed E-state index contributed by atoms with van der Waals surface area (Å²) in [6.07, 6.45) is -3.39. The number of nitrogens with zero attached hydrogens (tertiary/aromatic N) is 3. The third-order valence-corrected chi connectivity index (χ3v) is 3.55. The van der Waals surface area contributed by atoms with Crippen molar-refractivity contribution < 1.29 is 27.9 Å². The first-order chi connectivity index (χ1) is 11.6. The van der Waals surface area contributed by atoms with E-state index < -0.39 is 29.7 Å². The predicted molar refractivity (Wildman–Crippen MR) is 82.3 cm³/mol. The van der Waals surface area contributed by atoms with Gasteiger partial charge in [-0.25, -0.2) is 4.68 Å². The Morgan fingerprint density at radius 2 is 2.00 bits per heavy atom. The zero-order valence-electron chi connectivity index (χ0n) is 13.5. The molecule has 2 rings (SSSR count). The van der Waals surface area contributed by atoms with E-state index in [0.717, 1.165) is 16.9 Å². The molecule has 1 aromatic heterocycles. The Morgan fingerprint density at radius 3 is 2.56 bits per heavy atom.